The van der Waals surface area contributed by atoms with E-state index in [4.69, 9.17) is 0 Å². The van der Waals surface area contributed by atoms with Gasteiger partial charge >= 0.3 is 0 Å². The first-order chi connectivity index (χ1) is 15.9. The Morgan fingerprint density at radius 3 is 2.58 bits per heavy atom. The molecule has 33 heavy (non-hydrogen) atoms. The maximum Gasteiger partial charge on any atom is 0.293 e. The number of halogens is 1. The van der Waals surface area contributed by atoms with Crippen LogP contribution in [0.2, 0.25) is 0 Å². The van der Waals surface area contributed by atoms with E-state index in [2.05, 4.69) is 25.0 Å². The maximum absolute atomic E-state index is 13.3. The summed E-state index contributed by atoms with van der Waals surface area (Å²) >= 11 is 0. The Kier molecular flexibility index (Phi) is 5.21. The minimum atomic E-state index is -3.41. The molecule has 1 aliphatic carbocycles. The Balaban J connectivity index is 1.41. The number of aromatic nitrogens is 3. The highest BCUT2D eigenvalue weighted by atomic mass is 32.2. The van der Waals surface area contributed by atoms with Crippen molar-refractivity contribution in [2.45, 2.75) is 18.1 Å². The highest BCUT2D eigenvalue weighted by molar-refractivity contribution is 7.93. The van der Waals surface area contributed by atoms with Gasteiger partial charge in [0.05, 0.1) is 22.1 Å². The lowest BCUT2D eigenvalue weighted by Crippen LogP contribution is -2.17. The Morgan fingerprint density at radius 1 is 1.03 bits per heavy atom. The summed E-state index contributed by atoms with van der Waals surface area (Å²) in [5.41, 5.74) is 2.58. The fraction of sp³-hybridized carbons (Fsp3) is 0.130. The molecule has 1 amide bonds. The number of carbonyl (C=O) groups excluding carboxylic acids is 1. The summed E-state index contributed by atoms with van der Waals surface area (Å²) in [6.07, 6.45) is 5.92. The quantitative estimate of drug-likeness (QED) is 0.447. The molecule has 1 saturated carbocycles. The summed E-state index contributed by atoms with van der Waals surface area (Å²) in [6.45, 7) is 0. The number of fused-ring (bicyclic) bond motifs is 1. The van der Waals surface area contributed by atoms with E-state index in [-0.39, 0.29) is 16.9 Å². The van der Waals surface area contributed by atoms with Crippen LogP contribution in [0.3, 0.4) is 0 Å². The number of amides is 1. The molecule has 4 aromatic rings. The number of nitrogens with zero attached hydrogens (tertiary/aromatic N) is 3. The SMILES string of the molecule is O=C(Nc1ccncc1-c1ccc(F)cc1)c1ncc2ccc(NS(=O)(=O)C3CC3)cc2n1. The lowest BCUT2D eigenvalue weighted by molar-refractivity contribution is 0.101. The van der Waals surface area contributed by atoms with Gasteiger partial charge in [-0.25, -0.2) is 22.8 Å². The summed E-state index contributed by atoms with van der Waals surface area (Å²) < 4.78 is 40.3. The van der Waals surface area contributed by atoms with Gasteiger partial charge in [-0.15, -0.1) is 0 Å². The molecule has 2 aromatic heterocycles. The van der Waals surface area contributed by atoms with E-state index in [1.54, 1.807) is 42.6 Å². The molecule has 2 aromatic carbocycles. The molecule has 2 heterocycles. The van der Waals surface area contributed by atoms with E-state index < -0.39 is 15.9 Å². The van der Waals surface area contributed by atoms with Gasteiger partial charge in [-0.1, -0.05) is 12.1 Å². The van der Waals surface area contributed by atoms with E-state index in [1.165, 1.54) is 24.5 Å². The Labute approximate surface area is 189 Å². The average Bonchev–Trinajstić information content (AvgIpc) is 3.66. The van der Waals surface area contributed by atoms with Crippen molar-refractivity contribution < 1.29 is 17.6 Å². The fourth-order valence-electron chi connectivity index (χ4n) is 3.36. The van der Waals surface area contributed by atoms with Gasteiger partial charge in [-0.2, -0.15) is 0 Å². The van der Waals surface area contributed by atoms with Crippen LogP contribution in [0.25, 0.3) is 22.0 Å². The minimum absolute atomic E-state index is 0.0773. The third-order valence-corrected chi connectivity index (χ3v) is 7.10. The van der Waals surface area contributed by atoms with Crippen LogP contribution >= 0.6 is 0 Å². The highest BCUT2D eigenvalue weighted by Crippen LogP contribution is 2.30. The molecule has 0 aliphatic heterocycles. The van der Waals surface area contributed by atoms with Gasteiger partial charge in [0.15, 0.2) is 0 Å². The van der Waals surface area contributed by atoms with Gasteiger partial charge in [0, 0.05) is 29.5 Å². The Hall–Kier alpha value is -3.92. The summed E-state index contributed by atoms with van der Waals surface area (Å²) in [5, 5.41) is 3.08. The second kappa shape index (κ2) is 8.21. The van der Waals surface area contributed by atoms with Crippen LogP contribution in [0.15, 0.2) is 67.1 Å². The van der Waals surface area contributed by atoms with Crippen LogP contribution < -0.4 is 10.0 Å². The first kappa shape index (κ1) is 21.0. The highest BCUT2D eigenvalue weighted by Gasteiger charge is 2.35. The zero-order chi connectivity index (χ0) is 23.0. The van der Waals surface area contributed by atoms with Gasteiger partial charge in [0.25, 0.3) is 5.91 Å². The Morgan fingerprint density at radius 2 is 1.82 bits per heavy atom. The van der Waals surface area contributed by atoms with E-state index in [9.17, 15) is 17.6 Å². The number of nitrogens with one attached hydrogen (secondary N) is 2. The van der Waals surface area contributed by atoms with Crippen LogP contribution in [0.4, 0.5) is 15.8 Å². The molecular weight excluding hydrogens is 445 g/mol. The van der Waals surface area contributed by atoms with Gasteiger partial charge in [-0.3, -0.25) is 14.5 Å². The molecule has 166 valence electrons. The van der Waals surface area contributed by atoms with Gasteiger partial charge in [0.1, 0.15) is 5.82 Å². The van der Waals surface area contributed by atoms with Gasteiger partial charge in [0.2, 0.25) is 15.8 Å². The molecule has 1 aliphatic rings. The number of sulfonamides is 1. The van der Waals surface area contributed by atoms with Gasteiger partial charge in [-0.05, 0) is 54.8 Å². The molecule has 0 unspecified atom stereocenters. The summed E-state index contributed by atoms with van der Waals surface area (Å²) in [5.74, 6) is -0.987. The van der Waals surface area contributed by atoms with Gasteiger partial charge < -0.3 is 5.32 Å². The van der Waals surface area contributed by atoms with Crippen LogP contribution in [-0.4, -0.2) is 34.5 Å². The normalized spacial score (nSPS) is 13.6. The standard InChI is InChI=1S/C23H18FN5O3S/c24-16-4-1-14(2-5-16)19-13-25-10-9-20(19)28-23(30)22-26-12-15-3-6-17(11-21(15)27-22)29-33(31,32)18-7-8-18/h1-6,9-13,18,29H,7-8H2,(H,25,28,30). The van der Waals surface area contributed by atoms with Crippen molar-refractivity contribution in [1.29, 1.82) is 0 Å². The fourth-order valence-corrected chi connectivity index (χ4v) is 4.74. The first-order valence-corrected chi connectivity index (χ1v) is 11.7. The molecule has 2 N–H and O–H groups in total. The number of hydrogen-bond donors (Lipinski definition) is 2. The minimum Gasteiger partial charge on any atom is -0.319 e. The monoisotopic (exact) mass is 463 g/mol. The number of carbonyl (C=O) groups is 1. The number of benzene rings is 2. The molecule has 8 nitrogen and oxygen atoms in total. The van der Waals surface area contributed by atoms with E-state index >= 15 is 0 Å². The number of anilines is 2. The van der Waals surface area contributed by atoms with Crippen molar-refractivity contribution >= 4 is 38.2 Å². The van der Waals surface area contributed by atoms with E-state index in [0.717, 1.165) is 0 Å². The molecule has 1 fully saturated rings. The molecule has 0 spiro atoms. The number of pyridine rings is 1. The lowest BCUT2D eigenvalue weighted by Gasteiger charge is -2.11. The second-order valence-corrected chi connectivity index (χ2v) is 9.66. The zero-order valence-electron chi connectivity index (χ0n) is 17.2. The van der Waals surface area contributed by atoms with Crippen LogP contribution in [0.5, 0.6) is 0 Å². The molecule has 5 rings (SSSR count). The number of hydrogen-bond acceptors (Lipinski definition) is 6. The summed E-state index contributed by atoms with van der Waals surface area (Å²) in [7, 11) is -3.41. The third-order valence-electron chi connectivity index (χ3n) is 5.23. The van der Waals surface area contributed by atoms with Crippen molar-refractivity contribution in [3.05, 3.63) is 78.8 Å². The Bertz CT molecular complexity index is 1470. The largest absolute Gasteiger partial charge is 0.319 e. The van der Waals surface area contributed by atoms with Crippen molar-refractivity contribution in [2.75, 3.05) is 10.0 Å². The topological polar surface area (TPSA) is 114 Å². The van der Waals surface area contributed by atoms with Crippen molar-refractivity contribution in [3.63, 3.8) is 0 Å². The van der Waals surface area contributed by atoms with Crippen LogP contribution in [0.1, 0.15) is 23.5 Å². The molecular formula is C23H18FN5O3S. The molecule has 0 radical (unpaired) electrons. The predicted molar refractivity (Wildman–Crippen MR) is 123 cm³/mol. The predicted octanol–water partition coefficient (Wildman–Crippen LogP) is 3.99. The summed E-state index contributed by atoms with van der Waals surface area (Å²) in [4.78, 5) is 25.4. The molecule has 0 saturated heterocycles. The second-order valence-electron chi connectivity index (χ2n) is 7.70. The third kappa shape index (κ3) is 4.51. The van der Waals surface area contributed by atoms with Crippen LogP contribution in [-0.2, 0) is 10.0 Å². The van der Waals surface area contributed by atoms with Crippen molar-refractivity contribution in [3.8, 4) is 11.1 Å². The first-order valence-electron chi connectivity index (χ1n) is 10.2. The van der Waals surface area contributed by atoms with Crippen molar-refractivity contribution in [2.24, 2.45) is 0 Å². The van der Waals surface area contributed by atoms with Crippen LogP contribution in [0, 0.1) is 5.82 Å². The molecule has 0 atom stereocenters. The molecule has 0 bridgehead atoms. The molecule has 10 heteroatoms. The number of rotatable bonds is 6. The average molecular weight is 463 g/mol. The lowest BCUT2D eigenvalue weighted by atomic mass is 10.1. The summed E-state index contributed by atoms with van der Waals surface area (Å²) in [6, 6.07) is 12.4. The zero-order valence-corrected chi connectivity index (χ0v) is 18.0. The maximum atomic E-state index is 13.3. The van der Waals surface area contributed by atoms with E-state index in [1.807, 2.05) is 0 Å². The van der Waals surface area contributed by atoms with Crippen molar-refractivity contribution in [1.82, 2.24) is 15.0 Å². The smallest absolute Gasteiger partial charge is 0.293 e. The van der Waals surface area contributed by atoms with E-state index in [0.29, 0.717) is 46.2 Å².